The lowest BCUT2D eigenvalue weighted by Crippen LogP contribution is -2.31. The van der Waals surface area contributed by atoms with Gasteiger partial charge in [0.2, 0.25) is 0 Å². The van der Waals surface area contributed by atoms with E-state index in [1.54, 1.807) is 13.2 Å². The highest BCUT2D eigenvalue weighted by Gasteiger charge is 2.12. The van der Waals surface area contributed by atoms with Gasteiger partial charge < -0.3 is 20.3 Å². The van der Waals surface area contributed by atoms with E-state index in [9.17, 15) is 4.79 Å². The molecule has 1 aromatic heterocycles. The molecule has 0 aromatic carbocycles. The number of nitrogens with zero attached hydrogens (tertiary/aromatic N) is 1. The topological polar surface area (TPSA) is 90.4 Å². The summed E-state index contributed by atoms with van der Waals surface area (Å²) < 4.78 is 9.75. The fourth-order valence-electron chi connectivity index (χ4n) is 1.07. The van der Waals surface area contributed by atoms with E-state index in [0.717, 1.165) is 0 Å². The Morgan fingerprint density at radius 1 is 1.71 bits per heavy atom. The Morgan fingerprint density at radius 2 is 2.41 bits per heavy atom. The number of ether oxygens (including phenoxy) is 1. The van der Waals surface area contributed by atoms with Crippen LogP contribution in [0.2, 0.25) is 0 Å². The van der Waals surface area contributed by atoms with Gasteiger partial charge >= 0.3 is 0 Å². The van der Waals surface area contributed by atoms with E-state index in [-0.39, 0.29) is 29.9 Å². The quantitative estimate of drug-likeness (QED) is 0.783. The SMILES string of the molecule is COCc1cc(C(=O)NCC(C)CN)no1.Cl. The van der Waals surface area contributed by atoms with Gasteiger partial charge in [-0.25, -0.2) is 0 Å². The molecule has 1 atom stereocenters. The minimum Gasteiger partial charge on any atom is -0.377 e. The minimum absolute atomic E-state index is 0. The smallest absolute Gasteiger partial charge is 0.273 e. The lowest BCUT2D eigenvalue weighted by molar-refractivity contribution is 0.0938. The van der Waals surface area contributed by atoms with E-state index < -0.39 is 0 Å². The summed E-state index contributed by atoms with van der Waals surface area (Å²) in [5, 5.41) is 6.36. The summed E-state index contributed by atoms with van der Waals surface area (Å²) in [7, 11) is 1.55. The molecule has 3 N–H and O–H groups in total. The van der Waals surface area contributed by atoms with Crippen molar-refractivity contribution >= 4 is 18.3 Å². The first kappa shape index (κ1) is 15.9. The Hall–Kier alpha value is -1.11. The van der Waals surface area contributed by atoms with E-state index in [4.69, 9.17) is 15.0 Å². The number of aromatic nitrogens is 1. The van der Waals surface area contributed by atoms with E-state index >= 15 is 0 Å². The predicted octanol–water partition coefficient (Wildman–Crippen LogP) is 0.567. The maximum atomic E-state index is 11.6. The standard InChI is InChI=1S/C10H17N3O3.ClH/c1-7(4-11)5-12-10(14)9-3-8(6-15-2)16-13-9;/h3,7H,4-6,11H2,1-2H3,(H,12,14);1H. The van der Waals surface area contributed by atoms with Crippen molar-refractivity contribution in [2.24, 2.45) is 11.7 Å². The number of halogens is 1. The minimum atomic E-state index is -0.258. The number of hydrogen-bond acceptors (Lipinski definition) is 5. The fourth-order valence-corrected chi connectivity index (χ4v) is 1.07. The third kappa shape index (κ3) is 5.16. The molecule has 6 nitrogen and oxygen atoms in total. The molecule has 0 aliphatic carbocycles. The molecule has 0 saturated heterocycles. The van der Waals surface area contributed by atoms with Crippen LogP contribution in [-0.4, -0.2) is 31.3 Å². The Morgan fingerprint density at radius 3 is 3.00 bits per heavy atom. The highest BCUT2D eigenvalue weighted by atomic mass is 35.5. The molecule has 0 aliphatic rings. The van der Waals surface area contributed by atoms with Gasteiger partial charge in [-0.2, -0.15) is 0 Å². The van der Waals surface area contributed by atoms with Crippen LogP contribution < -0.4 is 11.1 Å². The maximum Gasteiger partial charge on any atom is 0.273 e. The second kappa shape index (κ2) is 8.05. The van der Waals surface area contributed by atoms with E-state index in [1.165, 1.54) is 0 Å². The molecule has 17 heavy (non-hydrogen) atoms. The van der Waals surface area contributed by atoms with Crippen molar-refractivity contribution in [1.29, 1.82) is 0 Å². The highest BCUT2D eigenvalue weighted by molar-refractivity contribution is 5.92. The highest BCUT2D eigenvalue weighted by Crippen LogP contribution is 2.04. The van der Waals surface area contributed by atoms with Crippen LogP contribution in [0.5, 0.6) is 0 Å². The summed E-state index contributed by atoms with van der Waals surface area (Å²) in [6, 6.07) is 1.56. The molecule has 1 unspecified atom stereocenters. The van der Waals surface area contributed by atoms with Gasteiger partial charge in [-0.15, -0.1) is 12.4 Å². The summed E-state index contributed by atoms with van der Waals surface area (Å²) in [6.07, 6.45) is 0. The van der Waals surface area contributed by atoms with Gasteiger partial charge in [0.25, 0.3) is 5.91 Å². The third-order valence-corrected chi connectivity index (χ3v) is 2.09. The molecule has 1 rings (SSSR count). The fraction of sp³-hybridized carbons (Fsp3) is 0.600. The second-order valence-electron chi connectivity index (χ2n) is 3.66. The van der Waals surface area contributed by atoms with Gasteiger partial charge in [0.05, 0.1) is 0 Å². The van der Waals surface area contributed by atoms with Crippen LogP contribution in [0, 0.1) is 5.92 Å². The summed E-state index contributed by atoms with van der Waals surface area (Å²) in [6.45, 7) is 3.33. The zero-order valence-electron chi connectivity index (χ0n) is 9.93. The Balaban J connectivity index is 0.00000256. The average molecular weight is 264 g/mol. The number of carbonyl (C=O) groups is 1. The van der Waals surface area contributed by atoms with Gasteiger partial charge in [0.1, 0.15) is 6.61 Å². The molecule has 98 valence electrons. The van der Waals surface area contributed by atoms with Crippen molar-refractivity contribution in [1.82, 2.24) is 10.5 Å². The van der Waals surface area contributed by atoms with Crippen LogP contribution in [0.4, 0.5) is 0 Å². The summed E-state index contributed by atoms with van der Waals surface area (Å²) >= 11 is 0. The summed E-state index contributed by atoms with van der Waals surface area (Å²) in [5.41, 5.74) is 5.70. The van der Waals surface area contributed by atoms with Crippen LogP contribution in [0.15, 0.2) is 10.6 Å². The molecular weight excluding hydrogens is 246 g/mol. The van der Waals surface area contributed by atoms with Gasteiger partial charge in [-0.1, -0.05) is 12.1 Å². The average Bonchev–Trinajstić information content (AvgIpc) is 2.74. The second-order valence-corrected chi connectivity index (χ2v) is 3.66. The van der Waals surface area contributed by atoms with Crippen molar-refractivity contribution in [3.8, 4) is 0 Å². The Bertz CT molecular complexity index is 343. The Labute approximate surface area is 106 Å². The number of amides is 1. The lowest BCUT2D eigenvalue weighted by Gasteiger charge is -2.08. The lowest BCUT2D eigenvalue weighted by atomic mass is 10.2. The van der Waals surface area contributed by atoms with Crippen molar-refractivity contribution in [3.63, 3.8) is 0 Å². The first-order valence-electron chi connectivity index (χ1n) is 5.10. The van der Waals surface area contributed by atoms with Crippen molar-refractivity contribution < 1.29 is 14.1 Å². The van der Waals surface area contributed by atoms with Gasteiger partial charge in [-0.05, 0) is 12.5 Å². The molecule has 0 spiro atoms. The normalized spacial score (nSPS) is 11.7. The molecule has 1 amide bonds. The number of hydrogen-bond donors (Lipinski definition) is 2. The van der Waals surface area contributed by atoms with Crippen LogP contribution >= 0.6 is 12.4 Å². The molecule has 0 aliphatic heterocycles. The predicted molar refractivity (Wildman–Crippen MR) is 65.0 cm³/mol. The van der Waals surface area contributed by atoms with Gasteiger partial charge in [-0.3, -0.25) is 4.79 Å². The number of methoxy groups -OCH3 is 1. The van der Waals surface area contributed by atoms with Gasteiger partial charge in [0.15, 0.2) is 11.5 Å². The number of carbonyl (C=O) groups excluding carboxylic acids is 1. The third-order valence-electron chi connectivity index (χ3n) is 2.09. The molecule has 1 heterocycles. The maximum absolute atomic E-state index is 11.6. The van der Waals surface area contributed by atoms with Crippen LogP contribution in [0.25, 0.3) is 0 Å². The Kier molecular flexibility index (Phi) is 7.53. The molecular formula is C10H18ClN3O3. The first-order chi connectivity index (χ1) is 7.67. The zero-order chi connectivity index (χ0) is 12.0. The van der Waals surface area contributed by atoms with Gasteiger partial charge in [0, 0.05) is 19.7 Å². The molecule has 0 bridgehead atoms. The van der Waals surface area contributed by atoms with E-state index in [2.05, 4.69) is 10.5 Å². The van der Waals surface area contributed by atoms with E-state index in [1.807, 2.05) is 6.92 Å². The largest absolute Gasteiger partial charge is 0.377 e. The van der Waals surface area contributed by atoms with E-state index in [0.29, 0.717) is 25.5 Å². The van der Waals surface area contributed by atoms with Crippen LogP contribution in [0.1, 0.15) is 23.2 Å². The number of nitrogens with two attached hydrogens (primary N) is 1. The molecule has 1 aromatic rings. The number of nitrogens with one attached hydrogen (secondary N) is 1. The summed E-state index contributed by atoms with van der Waals surface area (Å²) in [4.78, 5) is 11.6. The van der Waals surface area contributed by atoms with Crippen molar-refractivity contribution in [3.05, 3.63) is 17.5 Å². The van der Waals surface area contributed by atoms with Crippen molar-refractivity contribution in [2.75, 3.05) is 20.2 Å². The number of rotatable bonds is 6. The summed E-state index contributed by atoms with van der Waals surface area (Å²) in [5.74, 6) is 0.514. The first-order valence-corrected chi connectivity index (χ1v) is 5.10. The van der Waals surface area contributed by atoms with Crippen LogP contribution in [-0.2, 0) is 11.3 Å². The monoisotopic (exact) mass is 263 g/mol. The molecule has 7 heteroatoms. The zero-order valence-corrected chi connectivity index (χ0v) is 10.8. The molecule has 0 radical (unpaired) electrons. The van der Waals surface area contributed by atoms with Crippen LogP contribution in [0.3, 0.4) is 0 Å². The molecule has 0 fully saturated rings. The molecule has 0 saturated carbocycles. The van der Waals surface area contributed by atoms with Crippen molar-refractivity contribution in [2.45, 2.75) is 13.5 Å².